The zero-order chi connectivity index (χ0) is 9.72. The van der Waals surface area contributed by atoms with Gasteiger partial charge in [0.1, 0.15) is 6.04 Å². The Bertz CT molecular complexity index is 182. The van der Waals surface area contributed by atoms with E-state index >= 15 is 0 Å². The third kappa shape index (κ3) is 3.68. The summed E-state index contributed by atoms with van der Waals surface area (Å²) < 4.78 is 0. The highest BCUT2D eigenvalue weighted by Crippen LogP contribution is 1.97. The van der Waals surface area contributed by atoms with Gasteiger partial charge >= 0.3 is 5.97 Å². The molecule has 0 aromatic carbocycles. The fraction of sp³-hybridized carbons (Fsp3) is 0.667. The summed E-state index contributed by atoms with van der Waals surface area (Å²) in [6.45, 7) is 0.951. The normalized spacial score (nSPS) is 14.9. The Balaban J connectivity index is 4.03. The Hall–Kier alpha value is -0.620. The molecule has 0 aliphatic heterocycles. The van der Waals surface area contributed by atoms with Crippen molar-refractivity contribution in [3.63, 3.8) is 0 Å². The van der Waals surface area contributed by atoms with Crippen molar-refractivity contribution in [2.45, 2.75) is 17.8 Å². The van der Waals surface area contributed by atoms with Crippen molar-refractivity contribution in [2.75, 3.05) is 6.61 Å². The molecule has 3 N–H and O–H groups in total. The molecular formula is C6H10BrNO4. The minimum Gasteiger partial charge on any atom is -0.480 e. The topological polar surface area (TPSA) is 86.6 Å². The number of alkyl halides is 1. The largest absolute Gasteiger partial charge is 0.480 e. The molecule has 2 unspecified atom stereocenters. The van der Waals surface area contributed by atoms with E-state index < -0.39 is 29.4 Å². The molecule has 0 heterocycles. The number of aliphatic hydroxyl groups excluding tert-OH is 1. The maximum absolute atomic E-state index is 10.9. The van der Waals surface area contributed by atoms with E-state index in [1.165, 1.54) is 0 Å². The lowest BCUT2D eigenvalue weighted by atomic mass is 10.3. The van der Waals surface area contributed by atoms with Gasteiger partial charge in [-0.05, 0) is 6.92 Å². The van der Waals surface area contributed by atoms with Crippen LogP contribution in [0.2, 0.25) is 0 Å². The Morgan fingerprint density at radius 2 is 2.08 bits per heavy atom. The highest BCUT2D eigenvalue weighted by Gasteiger charge is 2.20. The maximum atomic E-state index is 10.9. The van der Waals surface area contributed by atoms with E-state index in [0.717, 1.165) is 0 Å². The first-order valence-corrected chi connectivity index (χ1v) is 4.18. The van der Waals surface area contributed by atoms with Crippen molar-refractivity contribution in [2.24, 2.45) is 0 Å². The molecule has 2 atom stereocenters. The fourth-order valence-electron chi connectivity index (χ4n) is 0.472. The smallest absolute Gasteiger partial charge is 0.328 e. The van der Waals surface area contributed by atoms with Gasteiger partial charge in [0.2, 0.25) is 5.91 Å². The molecule has 0 saturated carbocycles. The summed E-state index contributed by atoms with van der Waals surface area (Å²) in [6.07, 6.45) is 0. The van der Waals surface area contributed by atoms with Crippen molar-refractivity contribution in [1.29, 1.82) is 0 Å². The summed E-state index contributed by atoms with van der Waals surface area (Å²) in [5.74, 6) is -1.71. The zero-order valence-corrected chi connectivity index (χ0v) is 8.04. The number of aliphatic hydroxyl groups is 1. The van der Waals surface area contributed by atoms with Gasteiger partial charge in [0, 0.05) is 0 Å². The van der Waals surface area contributed by atoms with E-state index in [0.29, 0.717) is 0 Å². The molecular weight excluding hydrogens is 230 g/mol. The Labute approximate surface area is 77.9 Å². The van der Waals surface area contributed by atoms with Crippen LogP contribution in [0.15, 0.2) is 0 Å². The van der Waals surface area contributed by atoms with Crippen molar-refractivity contribution >= 4 is 27.8 Å². The fourth-order valence-corrected chi connectivity index (χ4v) is 0.604. The molecule has 0 spiro atoms. The van der Waals surface area contributed by atoms with Crippen LogP contribution in [0.3, 0.4) is 0 Å². The standard InChI is InChI=1S/C6H10BrNO4/c1-3(7)5(10)8-4(2-9)6(11)12/h3-4,9H,2H2,1H3,(H,8,10)(H,11,12). The zero-order valence-electron chi connectivity index (χ0n) is 6.45. The Kier molecular flexibility index (Phi) is 4.84. The van der Waals surface area contributed by atoms with Crippen LogP contribution >= 0.6 is 15.9 Å². The molecule has 0 aliphatic rings. The number of rotatable bonds is 4. The van der Waals surface area contributed by atoms with Gasteiger partial charge in [-0.1, -0.05) is 15.9 Å². The van der Waals surface area contributed by atoms with Crippen LogP contribution in [0.5, 0.6) is 0 Å². The molecule has 5 nitrogen and oxygen atoms in total. The van der Waals surface area contributed by atoms with Crippen molar-refractivity contribution in [1.82, 2.24) is 5.32 Å². The summed E-state index contributed by atoms with van der Waals surface area (Å²) in [7, 11) is 0. The third-order valence-corrected chi connectivity index (χ3v) is 1.57. The Morgan fingerprint density at radius 3 is 2.33 bits per heavy atom. The summed E-state index contributed by atoms with van der Waals surface area (Å²) in [6, 6.07) is -1.22. The molecule has 0 aromatic rings. The SMILES string of the molecule is CC(Br)C(=O)NC(CO)C(=O)O. The van der Waals surface area contributed by atoms with E-state index in [1.807, 2.05) is 0 Å². The first kappa shape index (κ1) is 11.4. The number of carboxylic acid groups (broad SMARTS) is 1. The van der Waals surface area contributed by atoms with Gasteiger partial charge in [0.15, 0.2) is 0 Å². The average Bonchev–Trinajstić information content (AvgIpc) is 1.98. The third-order valence-electron chi connectivity index (χ3n) is 1.16. The number of hydrogen-bond donors (Lipinski definition) is 3. The van der Waals surface area contributed by atoms with Crippen LogP contribution in [0.25, 0.3) is 0 Å². The van der Waals surface area contributed by atoms with E-state index in [9.17, 15) is 9.59 Å². The van der Waals surface area contributed by atoms with Crippen LogP contribution < -0.4 is 5.32 Å². The molecule has 6 heteroatoms. The first-order chi connectivity index (χ1) is 5.49. The monoisotopic (exact) mass is 239 g/mol. The van der Waals surface area contributed by atoms with E-state index in [4.69, 9.17) is 10.2 Å². The minimum atomic E-state index is -1.25. The van der Waals surface area contributed by atoms with Gasteiger partial charge in [0.05, 0.1) is 11.4 Å². The van der Waals surface area contributed by atoms with E-state index in [1.54, 1.807) is 6.92 Å². The molecule has 1 amide bonds. The van der Waals surface area contributed by atoms with Crippen LogP contribution in [0, 0.1) is 0 Å². The summed E-state index contributed by atoms with van der Waals surface area (Å²) >= 11 is 2.96. The van der Waals surface area contributed by atoms with Crippen molar-refractivity contribution in [3.8, 4) is 0 Å². The highest BCUT2D eigenvalue weighted by molar-refractivity contribution is 9.10. The molecule has 0 radical (unpaired) electrons. The maximum Gasteiger partial charge on any atom is 0.328 e. The molecule has 0 aliphatic carbocycles. The molecule has 0 fully saturated rings. The lowest BCUT2D eigenvalue weighted by Crippen LogP contribution is -2.45. The predicted molar refractivity (Wildman–Crippen MR) is 45.0 cm³/mol. The number of carbonyl (C=O) groups excluding carboxylic acids is 1. The number of aliphatic carboxylic acids is 1. The second kappa shape index (κ2) is 5.10. The van der Waals surface area contributed by atoms with Gasteiger partial charge in [0.25, 0.3) is 0 Å². The van der Waals surface area contributed by atoms with Gasteiger partial charge in [-0.2, -0.15) is 0 Å². The van der Waals surface area contributed by atoms with Crippen LogP contribution in [-0.2, 0) is 9.59 Å². The first-order valence-electron chi connectivity index (χ1n) is 3.27. The molecule has 0 aromatic heterocycles. The van der Waals surface area contributed by atoms with E-state index in [2.05, 4.69) is 21.2 Å². The number of halogens is 1. The van der Waals surface area contributed by atoms with E-state index in [-0.39, 0.29) is 0 Å². The molecule has 12 heavy (non-hydrogen) atoms. The van der Waals surface area contributed by atoms with Gasteiger partial charge < -0.3 is 15.5 Å². The minimum absolute atomic E-state index is 0.462. The van der Waals surface area contributed by atoms with Gasteiger partial charge in [-0.3, -0.25) is 4.79 Å². The molecule has 70 valence electrons. The summed E-state index contributed by atoms with van der Waals surface area (Å²) in [5, 5.41) is 19.1. The van der Waals surface area contributed by atoms with Crippen molar-refractivity contribution < 1.29 is 19.8 Å². The molecule has 0 bridgehead atoms. The molecule has 0 saturated heterocycles. The molecule has 0 rings (SSSR count). The summed E-state index contributed by atoms with van der Waals surface area (Å²) in [5.41, 5.74) is 0. The lowest BCUT2D eigenvalue weighted by Gasteiger charge is -2.12. The number of carbonyl (C=O) groups is 2. The second-order valence-electron chi connectivity index (χ2n) is 2.20. The van der Waals surface area contributed by atoms with Crippen molar-refractivity contribution in [3.05, 3.63) is 0 Å². The lowest BCUT2D eigenvalue weighted by molar-refractivity contribution is -0.142. The van der Waals surface area contributed by atoms with Crippen LogP contribution in [-0.4, -0.2) is 39.6 Å². The highest BCUT2D eigenvalue weighted by atomic mass is 79.9. The predicted octanol–water partition coefficient (Wildman–Crippen LogP) is -0.669. The Morgan fingerprint density at radius 1 is 1.58 bits per heavy atom. The average molecular weight is 240 g/mol. The van der Waals surface area contributed by atoms with Crippen LogP contribution in [0.1, 0.15) is 6.92 Å². The van der Waals surface area contributed by atoms with Gasteiger partial charge in [-0.15, -0.1) is 0 Å². The number of amides is 1. The quantitative estimate of drug-likeness (QED) is 0.569. The van der Waals surface area contributed by atoms with Crippen LogP contribution in [0.4, 0.5) is 0 Å². The summed E-state index contributed by atoms with van der Waals surface area (Å²) in [4.78, 5) is 20.7. The number of nitrogens with one attached hydrogen (secondary N) is 1. The number of hydrogen-bond acceptors (Lipinski definition) is 3. The second-order valence-corrected chi connectivity index (χ2v) is 3.57. The van der Waals surface area contributed by atoms with Gasteiger partial charge in [-0.25, -0.2) is 4.79 Å². The number of carboxylic acids is 1.